The number of rotatable bonds is 6. The Bertz CT molecular complexity index is 1050. The molecule has 3 aromatic rings. The normalized spacial score (nSPS) is 12.6. The van der Waals surface area contributed by atoms with Gasteiger partial charge in [0.1, 0.15) is 5.82 Å². The van der Waals surface area contributed by atoms with E-state index in [2.05, 4.69) is 26.6 Å². The molecule has 0 atom stereocenters. The van der Waals surface area contributed by atoms with E-state index in [1.807, 2.05) is 6.07 Å². The topological polar surface area (TPSA) is 133 Å². The van der Waals surface area contributed by atoms with Gasteiger partial charge in [0, 0.05) is 48.1 Å². The fraction of sp³-hybridized carbons (Fsp3) is 0.320. The molecule has 1 fully saturated rings. The smallest absolute Gasteiger partial charge is 0.251 e. The summed E-state index contributed by atoms with van der Waals surface area (Å²) < 4.78 is 14.4. The van der Waals surface area contributed by atoms with Crippen LogP contribution in [0.3, 0.4) is 0 Å². The van der Waals surface area contributed by atoms with E-state index in [4.69, 9.17) is 5.11 Å². The van der Waals surface area contributed by atoms with Crippen molar-refractivity contribution in [3.05, 3.63) is 77.4 Å². The molecule has 0 bridgehead atoms. The van der Waals surface area contributed by atoms with Gasteiger partial charge in [0.25, 0.3) is 11.8 Å². The number of carbonyl (C=O) groups excluding carboxylic acids is 2. The van der Waals surface area contributed by atoms with Crippen LogP contribution >= 0.6 is 0 Å². The maximum Gasteiger partial charge on any atom is 0.251 e. The van der Waals surface area contributed by atoms with Gasteiger partial charge < -0.3 is 21.5 Å². The Labute approximate surface area is 198 Å². The van der Waals surface area contributed by atoms with Crippen LogP contribution in [0.4, 0.5) is 4.39 Å². The van der Waals surface area contributed by atoms with Gasteiger partial charge in [0.05, 0.1) is 6.20 Å². The molecule has 2 amide bonds. The Balaban J connectivity index is 0.000000970. The van der Waals surface area contributed by atoms with E-state index in [1.54, 1.807) is 36.5 Å². The predicted molar refractivity (Wildman–Crippen MR) is 130 cm³/mol. The van der Waals surface area contributed by atoms with Crippen molar-refractivity contribution in [1.29, 1.82) is 0 Å². The number of amides is 2. The number of aromatic nitrogens is 2. The number of carbonyl (C=O) groups is 2. The maximum absolute atomic E-state index is 14.4. The molecular formula is C25H32FN5O3. The quantitative estimate of drug-likeness (QED) is 0.378. The summed E-state index contributed by atoms with van der Waals surface area (Å²) in [6.07, 6.45) is 7.47. The molecule has 0 unspecified atom stereocenters. The Kier molecular flexibility index (Phi) is 10.9. The highest BCUT2D eigenvalue weighted by atomic mass is 19.1. The second-order valence-corrected chi connectivity index (χ2v) is 7.52. The third-order valence-electron chi connectivity index (χ3n) is 5.37. The summed E-state index contributed by atoms with van der Waals surface area (Å²) in [7, 11) is 2.50. The van der Waals surface area contributed by atoms with Gasteiger partial charge >= 0.3 is 0 Å². The van der Waals surface area contributed by atoms with Crippen LogP contribution in [-0.2, 0) is 6.54 Å². The molecule has 0 aliphatic heterocycles. The summed E-state index contributed by atoms with van der Waals surface area (Å²) in [5, 5.41) is 19.3. The zero-order valence-electron chi connectivity index (χ0n) is 19.5. The molecule has 9 heteroatoms. The Morgan fingerprint density at radius 1 is 1.09 bits per heavy atom. The third kappa shape index (κ3) is 7.23. The largest absolute Gasteiger partial charge is 0.400 e. The second kappa shape index (κ2) is 13.9. The van der Waals surface area contributed by atoms with Crippen LogP contribution in [0.2, 0.25) is 0 Å². The Hall–Kier alpha value is -3.56. The van der Waals surface area contributed by atoms with Crippen LogP contribution in [0, 0.1) is 5.82 Å². The fourth-order valence-electron chi connectivity index (χ4n) is 3.73. The van der Waals surface area contributed by atoms with Crippen LogP contribution in [0.15, 0.2) is 54.9 Å². The van der Waals surface area contributed by atoms with Crippen LogP contribution in [0.25, 0.3) is 11.1 Å². The van der Waals surface area contributed by atoms with E-state index >= 15 is 0 Å². The van der Waals surface area contributed by atoms with Crippen molar-refractivity contribution in [1.82, 2.24) is 20.8 Å². The SMILES string of the molecule is CN.CO.O=C(NCc1cccc(C(=O)NC2CCCC2)c1)c1ccc(-c2cn[nH]c2)c(F)c1. The van der Waals surface area contributed by atoms with E-state index < -0.39 is 5.82 Å². The molecule has 182 valence electrons. The van der Waals surface area contributed by atoms with Gasteiger partial charge in [0.2, 0.25) is 0 Å². The van der Waals surface area contributed by atoms with Gasteiger partial charge in [-0.25, -0.2) is 4.39 Å². The number of nitrogens with one attached hydrogen (secondary N) is 3. The number of aromatic amines is 1. The first kappa shape index (κ1) is 26.7. The lowest BCUT2D eigenvalue weighted by molar-refractivity contribution is 0.0935. The van der Waals surface area contributed by atoms with E-state index in [0.29, 0.717) is 16.7 Å². The van der Waals surface area contributed by atoms with Crippen LogP contribution in [0.1, 0.15) is 52.0 Å². The monoisotopic (exact) mass is 469 g/mol. The molecule has 0 spiro atoms. The number of nitrogens with zero attached hydrogens (tertiary/aromatic N) is 1. The van der Waals surface area contributed by atoms with Crippen LogP contribution in [0.5, 0.6) is 0 Å². The van der Waals surface area contributed by atoms with Gasteiger partial charge in [-0.15, -0.1) is 0 Å². The summed E-state index contributed by atoms with van der Waals surface area (Å²) in [5.41, 5.74) is 7.10. The number of nitrogens with two attached hydrogens (primary N) is 1. The second-order valence-electron chi connectivity index (χ2n) is 7.52. The average Bonchev–Trinajstić information content (AvgIpc) is 3.60. The number of hydrogen-bond donors (Lipinski definition) is 5. The summed E-state index contributed by atoms with van der Waals surface area (Å²) in [6.45, 7) is 0.245. The minimum absolute atomic E-state index is 0.0908. The predicted octanol–water partition coefficient (Wildman–Crippen LogP) is 3.00. The van der Waals surface area contributed by atoms with Gasteiger partial charge in [-0.05, 0) is 49.7 Å². The van der Waals surface area contributed by atoms with E-state index in [9.17, 15) is 14.0 Å². The number of H-pyrrole nitrogens is 1. The molecular weight excluding hydrogens is 437 g/mol. The summed E-state index contributed by atoms with van der Waals surface area (Å²) in [4.78, 5) is 24.9. The van der Waals surface area contributed by atoms with Crippen LogP contribution in [-0.4, -0.2) is 47.3 Å². The molecule has 0 radical (unpaired) electrons. The highest BCUT2D eigenvalue weighted by Gasteiger charge is 2.18. The molecule has 1 saturated carbocycles. The number of halogens is 1. The number of hydrogen-bond acceptors (Lipinski definition) is 5. The molecule has 1 aliphatic rings. The van der Waals surface area contributed by atoms with Crippen molar-refractivity contribution >= 4 is 11.8 Å². The third-order valence-corrected chi connectivity index (χ3v) is 5.37. The van der Waals surface area contributed by atoms with Crippen molar-refractivity contribution < 1.29 is 19.1 Å². The fourth-order valence-corrected chi connectivity index (χ4v) is 3.73. The first-order chi connectivity index (χ1) is 16.6. The summed E-state index contributed by atoms with van der Waals surface area (Å²) >= 11 is 0. The number of benzene rings is 2. The highest BCUT2D eigenvalue weighted by Crippen LogP contribution is 2.22. The van der Waals surface area contributed by atoms with Crippen LogP contribution < -0.4 is 16.4 Å². The summed E-state index contributed by atoms with van der Waals surface area (Å²) in [5.74, 6) is -0.963. The first-order valence-corrected chi connectivity index (χ1v) is 11.1. The van der Waals surface area contributed by atoms with E-state index in [0.717, 1.165) is 38.4 Å². The van der Waals surface area contributed by atoms with E-state index in [-0.39, 0.29) is 30.0 Å². The molecule has 0 saturated heterocycles. The van der Waals surface area contributed by atoms with Crippen molar-refractivity contribution in [2.24, 2.45) is 5.73 Å². The highest BCUT2D eigenvalue weighted by molar-refractivity contribution is 5.95. The maximum atomic E-state index is 14.4. The molecule has 34 heavy (non-hydrogen) atoms. The standard InChI is InChI=1S/C23H23FN4O2.CH5N.CH4O/c24-21-11-17(8-9-20(21)18-13-26-27-14-18)22(29)25-12-15-4-3-5-16(10-15)23(30)28-19-6-1-2-7-19;2*1-2/h3-5,8-11,13-14,19H,1-2,6-7,12H2,(H,25,29)(H,26,27)(H,28,30);2H2,1H3;2H,1H3. The molecule has 1 heterocycles. The van der Waals surface area contributed by atoms with Crippen molar-refractivity contribution in [2.45, 2.75) is 38.3 Å². The summed E-state index contributed by atoms with van der Waals surface area (Å²) in [6, 6.07) is 11.8. The molecule has 1 aromatic heterocycles. The lowest BCUT2D eigenvalue weighted by Crippen LogP contribution is -2.32. The molecule has 1 aliphatic carbocycles. The lowest BCUT2D eigenvalue weighted by atomic mass is 10.1. The van der Waals surface area contributed by atoms with Gasteiger partial charge in [-0.1, -0.05) is 31.0 Å². The number of aliphatic hydroxyl groups is 1. The molecule has 6 N–H and O–H groups in total. The number of aliphatic hydroxyl groups excluding tert-OH is 1. The van der Waals surface area contributed by atoms with Crippen molar-refractivity contribution in [2.75, 3.05) is 14.2 Å². The average molecular weight is 470 g/mol. The van der Waals surface area contributed by atoms with Gasteiger partial charge in [-0.3, -0.25) is 14.7 Å². The lowest BCUT2D eigenvalue weighted by Gasteiger charge is -2.13. The van der Waals surface area contributed by atoms with Crippen molar-refractivity contribution in [3.8, 4) is 11.1 Å². The Morgan fingerprint density at radius 3 is 2.44 bits per heavy atom. The first-order valence-electron chi connectivity index (χ1n) is 11.1. The van der Waals surface area contributed by atoms with Crippen molar-refractivity contribution in [3.63, 3.8) is 0 Å². The molecule has 2 aromatic carbocycles. The minimum atomic E-state index is -0.491. The molecule has 4 rings (SSSR count). The van der Waals surface area contributed by atoms with Gasteiger partial charge in [-0.2, -0.15) is 5.10 Å². The van der Waals surface area contributed by atoms with E-state index in [1.165, 1.54) is 19.3 Å². The Morgan fingerprint density at radius 2 is 1.79 bits per heavy atom. The minimum Gasteiger partial charge on any atom is -0.400 e. The molecule has 8 nitrogen and oxygen atoms in total. The van der Waals surface area contributed by atoms with Gasteiger partial charge in [0.15, 0.2) is 0 Å². The zero-order valence-corrected chi connectivity index (χ0v) is 19.5. The zero-order chi connectivity index (χ0) is 24.9.